The Kier molecular flexibility index (Phi) is 3.39. The van der Waals surface area contributed by atoms with Crippen LogP contribution in [0, 0.1) is 5.92 Å². The van der Waals surface area contributed by atoms with Gasteiger partial charge in [0.2, 0.25) is 0 Å². The Morgan fingerprint density at radius 3 is 2.63 bits per heavy atom. The Morgan fingerprint density at radius 1 is 1.16 bits per heavy atom. The third-order valence-corrected chi connectivity index (χ3v) is 5.21. The van der Waals surface area contributed by atoms with E-state index in [1.54, 1.807) is 11.1 Å². The van der Waals surface area contributed by atoms with Crippen molar-refractivity contribution in [2.24, 2.45) is 5.92 Å². The van der Waals surface area contributed by atoms with Crippen molar-refractivity contribution in [2.75, 3.05) is 0 Å². The van der Waals surface area contributed by atoms with Crippen molar-refractivity contribution in [3.8, 4) is 0 Å². The zero-order valence-corrected chi connectivity index (χ0v) is 12.2. The van der Waals surface area contributed by atoms with Crippen LogP contribution in [0.2, 0.25) is 0 Å². The number of rotatable bonds is 2. The van der Waals surface area contributed by atoms with E-state index < -0.39 is 0 Å². The van der Waals surface area contributed by atoms with Crippen molar-refractivity contribution >= 4 is 13.4 Å². The van der Waals surface area contributed by atoms with E-state index in [-0.39, 0.29) is 0 Å². The Labute approximate surface area is 118 Å². The summed E-state index contributed by atoms with van der Waals surface area (Å²) in [5.74, 6) is 2.97. The number of allylic oxidation sites excluding steroid dienone is 3. The molecule has 19 heavy (non-hydrogen) atoms. The van der Waals surface area contributed by atoms with Crippen molar-refractivity contribution in [2.45, 2.75) is 44.4 Å². The Morgan fingerprint density at radius 2 is 1.89 bits per heavy atom. The summed E-state index contributed by atoms with van der Waals surface area (Å²) < 4.78 is 0. The van der Waals surface area contributed by atoms with Crippen molar-refractivity contribution in [3.63, 3.8) is 0 Å². The van der Waals surface area contributed by atoms with Crippen LogP contribution in [-0.4, -0.2) is 7.85 Å². The molecule has 0 saturated heterocycles. The Hall–Kier alpha value is -1.24. The highest BCUT2D eigenvalue weighted by molar-refractivity contribution is 6.17. The van der Waals surface area contributed by atoms with Crippen LogP contribution in [0.5, 0.6) is 0 Å². The van der Waals surface area contributed by atoms with Crippen LogP contribution in [0.15, 0.2) is 42.4 Å². The smallest absolute Gasteiger partial charge is 0.124 e. The monoisotopic (exact) mass is 250 g/mol. The SMILES string of the molecule is B/C=C\C=C1/c2ccccc2C1(C)C1CCCCC1. The van der Waals surface area contributed by atoms with E-state index in [2.05, 4.69) is 57.2 Å². The highest BCUT2D eigenvalue weighted by atomic mass is 14.5. The molecule has 1 heteroatoms. The summed E-state index contributed by atoms with van der Waals surface area (Å²) in [4.78, 5) is 0. The van der Waals surface area contributed by atoms with Crippen LogP contribution in [0.4, 0.5) is 0 Å². The summed E-state index contributed by atoms with van der Waals surface area (Å²) in [5, 5.41) is 0. The van der Waals surface area contributed by atoms with Crippen molar-refractivity contribution in [3.05, 3.63) is 53.5 Å². The zero-order valence-electron chi connectivity index (χ0n) is 12.2. The lowest BCUT2D eigenvalue weighted by molar-refractivity contribution is 0.258. The van der Waals surface area contributed by atoms with Gasteiger partial charge >= 0.3 is 0 Å². The van der Waals surface area contributed by atoms with Crippen LogP contribution in [0.3, 0.4) is 0 Å². The molecule has 0 aromatic heterocycles. The first-order valence-electron chi connectivity index (χ1n) is 7.72. The van der Waals surface area contributed by atoms with Gasteiger partial charge < -0.3 is 0 Å². The summed E-state index contributed by atoms with van der Waals surface area (Å²) >= 11 is 0. The quantitative estimate of drug-likeness (QED) is 0.694. The average molecular weight is 250 g/mol. The largest absolute Gasteiger partial charge is 0.129 e. The van der Waals surface area contributed by atoms with Gasteiger partial charge in [0.05, 0.1) is 0 Å². The fourth-order valence-corrected chi connectivity index (χ4v) is 4.11. The van der Waals surface area contributed by atoms with Gasteiger partial charge in [0, 0.05) is 5.41 Å². The summed E-state index contributed by atoms with van der Waals surface area (Å²) in [6, 6.07) is 9.00. The minimum absolute atomic E-state index is 0.302. The fraction of sp³-hybridized carbons (Fsp3) is 0.444. The number of hydrogen-bond donors (Lipinski definition) is 0. The maximum atomic E-state index is 2.47. The van der Waals surface area contributed by atoms with Gasteiger partial charge in [-0.3, -0.25) is 0 Å². The minimum atomic E-state index is 0.302. The highest BCUT2D eigenvalue weighted by Crippen LogP contribution is 2.58. The second kappa shape index (κ2) is 5.04. The molecule has 0 N–H and O–H groups in total. The molecule has 0 aliphatic heterocycles. The van der Waals surface area contributed by atoms with Crippen molar-refractivity contribution < 1.29 is 0 Å². The maximum Gasteiger partial charge on any atom is 0.129 e. The predicted octanol–water partition coefficient (Wildman–Crippen LogP) is 4.07. The molecule has 1 aromatic carbocycles. The van der Waals surface area contributed by atoms with Gasteiger partial charge in [-0.05, 0) is 35.5 Å². The lowest BCUT2D eigenvalue weighted by atomic mass is 9.53. The lowest BCUT2D eigenvalue weighted by Gasteiger charge is -2.50. The highest BCUT2D eigenvalue weighted by Gasteiger charge is 2.48. The minimum Gasteiger partial charge on any atom is -0.124 e. The molecule has 2 aliphatic carbocycles. The molecule has 0 spiro atoms. The summed E-state index contributed by atoms with van der Waals surface area (Å²) in [5.41, 5.74) is 4.93. The standard InChI is InChI=1S/C18H23B/c1-18(14-8-3-2-4-9-14)16-11-6-5-10-15(16)17(18)12-7-13-19/h5-7,10-14H,2-4,8-9,19H2,1H3/b13-7-,17-12+. The normalized spacial score (nSPS) is 29.4. The van der Waals surface area contributed by atoms with Crippen LogP contribution in [0.1, 0.15) is 50.2 Å². The molecule has 98 valence electrons. The van der Waals surface area contributed by atoms with Gasteiger partial charge in [0.1, 0.15) is 7.85 Å². The molecule has 1 fully saturated rings. The third-order valence-electron chi connectivity index (χ3n) is 5.21. The van der Waals surface area contributed by atoms with Gasteiger partial charge in [-0.2, -0.15) is 0 Å². The first-order valence-corrected chi connectivity index (χ1v) is 7.72. The van der Waals surface area contributed by atoms with E-state index in [1.807, 2.05) is 0 Å². The van der Waals surface area contributed by atoms with Crippen molar-refractivity contribution in [1.82, 2.24) is 0 Å². The second-order valence-corrected chi connectivity index (χ2v) is 6.19. The maximum absolute atomic E-state index is 2.47. The van der Waals surface area contributed by atoms with Gasteiger partial charge in [-0.15, -0.1) is 5.98 Å². The fourth-order valence-electron chi connectivity index (χ4n) is 4.11. The van der Waals surface area contributed by atoms with E-state index >= 15 is 0 Å². The molecule has 0 amide bonds. The number of fused-ring (bicyclic) bond motifs is 1. The van der Waals surface area contributed by atoms with Gasteiger partial charge in [0.25, 0.3) is 0 Å². The van der Waals surface area contributed by atoms with E-state index in [1.165, 1.54) is 37.7 Å². The van der Waals surface area contributed by atoms with Crippen LogP contribution >= 0.6 is 0 Å². The molecule has 0 nitrogen and oxygen atoms in total. The first-order chi connectivity index (χ1) is 9.28. The summed E-state index contributed by atoms with van der Waals surface area (Å²) in [7, 11) is 2.10. The molecule has 1 saturated carbocycles. The molecule has 3 rings (SSSR count). The van der Waals surface area contributed by atoms with Gasteiger partial charge in [-0.25, -0.2) is 0 Å². The average Bonchev–Trinajstić information content (AvgIpc) is 2.48. The summed E-state index contributed by atoms with van der Waals surface area (Å²) in [6.45, 7) is 2.47. The first kappa shape index (κ1) is 12.8. The Bertz CT molecular complexity index is 520. The molecule has 1 unspecified atom stereocenters. The molecule has 1 atom stereocenters. The van der Waals surface area contributed by atoms with Crippen LogP contribution in [0.25, 0.3) is 5.57 Å². The van der Waals surface area contributed by atoms with E-state index in [0.717, 1.165) is 5.92 Å². The Balaban J connectivity index is 2.03. The predicted molar refractivity (Wildman–Crippen MR) is 86.0 cm³/mol. The molecule has 0 heterocycles. The van der Waals surface area contributed by atoms with Crippen LogP contribution < -0.4 is 0 Å². The molecule has 2 aliphatic rings. The topological polar surface area (TPSA) is 0 Å². The third kappa shape index (κ3) is 1.91. The zero-order chi connectivity index (χ0) is 13.3. The van der Waals surface area contributed by atoms with Crippen LogP contribution in [-0.2, 0) is 5.41 Å². The van der Waals surface area contributed by atoms with E-state index in [0.29, 0.717) is 5.41 Å². The molecular weight excluding hydrogens is 227 g/mol. The molecule has 0 radical (unpaired) electrons. The lowest BCUT2D eigenvalue weighted by Crippen LogP contribution is -2.42. The number of hydrogen-bond acceptors (Lipinski definition) is 0. The van der Waals surface area contributed by atoms with E-state index in [4.69, 9.17) is 0 Å². The molecule has 1 aromatic rings. The van der Waals surface area contributed by atoms with E-state index in [9.17, 15) is 0 Å². The number of benzene rings is 1. The molecular formula is C18H23B. The second-order valence-electron chi connectivity index (χ2n) is 6.19. The van der Waals surface area contributed by atoms with Crippen molar-refractivity contribution in [1.29, 1.82) is 0 Å². The van der Waals surface area contributed by atoms with Gasteiger partial charge in [0.15, 0.2) is 0 Å². The molecule has 0 bridgehead atoms. The van der Waals surface area contributed by atoms with Gasteiger partial charge in [-0.1, -0.05) is 62.6 Å². The summed E-state index contributed by atoms with van der Waals surface area (Å²) in [6.07, 6.45) is 11.6.